The molecule has 0 aliphatic carbocycles. The van der Waals surface area contributed by atoms with Crippen molar-refractivity contribution in [2.45, 2.75) is 20.0 Å². The summed E-state index contributed by atoms with van der Waals surface area (Å²) in [6.45, 7) is 2.95. The number of rotatable bonds is 5. The number of halogens is 2. The van der Waals surface area contributed by atoms with Crippen molar-refractivity contribution in [2.24, 2.45) is 0 Å². The van der Waals surface area contributed by atoms with Crippen molar-refractivity contribution >= 4 is 43.4 Å². The van der Waals surface area contributed by atoms with Gasteiger partial charge in [0.05, 0.1) is 14.7 Å². The maximum Gasteiger partial charge on any atom is 0.268 e. The fraction of sp³-hybridized carbons (Fsp3) is 0.167. The molecule has 124 valence electrons. The Morgan fingerprint density at radius 1 is 1.38 bits per heavy atom. The van der Waals surface area contributed by atoms with Crippen LogP contribution in [0.1, 0.15) is 23.0 Å². The average molecular weight is 407 g/mol. The van der Waals surface area contributed by atoms with E-state index in [4.69, 9.17) is 0 Å². The van der Waals surface area contributed by atoms with E-state index >= 15 is 0 Å². The van der Waals surface area contributed by atoms with Crippen molar-refractivity contribution in [1.29, 1.82) is 0 Å². The van der Waals surface area contributed by atoms with Gasteiger partial charge in [-0.05, 0) is 46.6 Å². The van der Waals surface area contributed by atoms with E-state index < -0.39 is 0 Å². The lowest BCUT2D eigenvalue weighted by atomic mass is 10.2. The van der Waals surface area contributed by atoms with Gasteiger partial charge in [0.15, 0.2) is 0 Å². The third-order valence-electron chi connectivity index (χ3n) is 3.70. The number of nitrogens with one attached hydrogen (secondary N) is 1. The standard InChI is InChI=1S/C18H16BrFN2OS/c1-2-3-8-22-15(9-16-17(22)14(19)11-24-16)18(23)21-10-12-4-6-13(20)7-5-12/h2-7,9,11H,8,10H2,1H3,(H,21,23)/b3-2+. The number of allylic oxidation sites excluding steroid dienone is 2. The summed E-state index contributed by atoms with van der Waals surface area (Å²) < 4.78 is 17.0. The minimum Gasteiger partial charge on any atom is -0.347 e. The number of benzene rings is 1. The number of nitrogens with zero attached hydrogens (tertiary/aromatic N) is 1. The molecule has 0 aliphatic heterocycles. The van der Waals surface area contributed by atoms with Gasteiger partial charge in [-0.25, -0.2) is 4.39 Å². The van der Waals surface area contributed by atoms with Crippen molar-refractivity contribution < 1.29 is 9.18 Å². The summed E-state index contributed by atoms with van der Waals surface area (Å²) in [4.78, 5) is 12.6. The zero-order valence-corrected chi connectivity index (χ0v) is 15.5. The van der Waals surface area contributed by atoms with Crippen molar-refractivity contribution in [3.8, 4) is 0 Å². The van der Waals surface area contributed by atoms with E-state index in [1.165, 1.54) is 12.1 Å². The molecule has 1 amide bonds. The third kappa shape index (κ3) is 3.44. The van der Waals surface area contributed by atoms with E-state index in [1.807, 2.05) is 35.1 Å². The van der Waals surface area contributed by atoms with Gasteiger partial charge in [0.1, 0.15) is 11.5 Å². The Kier molecular flexibility index (Phi) is 5.16. The second-order valence-corrected chi connectivity index (χ2v) is 7.08. The Hall–Kier alpha value is -1.92. The van der Waals surface area contributed by atoms with E-state index in [-0.39, 0.29) is 11.7 Å². The van der Waals surface area contributed by atoms with Crippen LogP contribution in [-0.2, 0) is 13.1 Å². The van der Waals surface area contributed by atoms with Crippen LogP contribution in [-0.4, -0.2) is 10.5 Å². The molecular formula is C18H16BrFN2OS. The number of aromatic nitrogens is 1. The van der Waals surface area contributed by atoms with Crippen molar-refractivity contribution in [2.75, 3.05) is 0 Å². The lowest BCUT2D eigenvalue weighted by Crippen LogP contribution is -2.25. The van der Waals surface area contributed by atoms with Gasteiger partial charge in [0.25, 0.3) is 5.91 Å². The minimum absolute atomic E-state index is 0.140. The summed E-state index contributed by atoms with van der Waals surface area (Å²) in [5.74, 6) is -0.422. The van der Waals surface area contributed by atoms with E-state index in [9.17, 15) is 9.18 Å². The lowest BCUT2D eigenvalue weighted by molar-refractivity contribution is 0.0942. The van der Waals surface area contributed by atoms with Crippen molar-refractivity contribution in [3.63, 3.8) is 0 Å². The highest BCUT2D eigenvalue weighted by molar-refractivity contribution is 9.10. The molecule has 0 bridgehead atoms. The second kappa shape index (κ2) is 7.32. The number of hydrogen-bond acceptors (Lipinski definition) is 2. The van der Waals surface area contributed by atoms with Crippen molar-refractivity contribution in [1.82, 2.24) is 9.88 Å². The second-order valence-electron chi connectivity index (χ2n) is 5.31. The Morgan fingerprint density at radius 3 is 2.83 bits per heavy atom. The van der Waals surface area contributed by atoms with Gasteiger partial charge in [0.2, 0.25) is 0 Å². The molecule has 0 saturated heterocycles. The molecule has 0 unspecified atom stereocenters. The molecule has 2 heterocycles. The Labute approximate surface area is 151 Å². The normalized spacial score (nSPS) is 11.5. The molecule has 0 atom stereocenters. The first kappa shape index (κ1) is 16.9. The molecular weight excluding hydrogens is 391 g/mol. The smallest absolute Gasteiger partial charge is 0.268 e. The predicted molar refractivity (Wildman–Crippen MR) is 99.9 cm³/mol. The third-order valence-corrected chi connectivity index (χ3v) is 5.53. The first-order valence-electron chi connectivity index (χ1n) is 7.50. The fourth-order valence-corrected chi connectivity index (χ4v) is 4.19. The molecule has 6 heteroatoms. The van der Waals surface area contributed by atoms with E-state index in [2.05, 4.69) is 21.2 Å². The Bertz CT molecular complexity index is 896. The molecule has 0 radical (unpaired) electrons. The molecule has 3 nitrogen and oxygen atoms in total. The first-order valence-corrected chi connectivity index (χ1v) is 9.17. The van der Waals surface area contributed by atoms with Gasteiger partial charge in [0, 0.05) is 18.5 Å². The molecule has 24 heavy (non-hydrogen) atoms. The highest BCUT2D eigenvalue weighted by Gasteiger charge is 2.17. The van der Waals surface area contributed by atoms with Crippen LogP contribution < -0.4 is 5.32 Å². The van der Waals surface area contributed by atoms with Gasteiger partial charge in [-0.3, -0.25) is 4.79 Å². The van der Waals surface area contributed by atoms with E-state index in [0.29, 0.717) is 18.8 Å². The fourth-order valence-electron chi connectivity index (χ4n) is 2.50. The van der Waals surface area contributed by atoms with Crippen LogP contribution in [0.25, 0.3) is 10.2 Å². The zero-order chi connectivity index (χ0) is 17.1. The predicted octanol–water partition coefficient (Wildman–Crippen LogP) is 5.11. The van der Waals surface area contributed by atoms with Gasteiger partial charge in [-0.2, -0.15) is 0 Å². The average Bonchev–Trinajstić information content (AvgIpc) is 3.12. The summed E-state index contributed by atoms with van der Waals surface area (Å²) in [6, 6.07) is 8.04. The molecule has 3 rings (SSSR count). The van der Waals surface area contributed by atoms with Crippen LogP contribution in [0.4, 0.5) is 4.39 Å². The number of carbonyl (C=O) groups is 1. The van der Waals surface area contributed by atoms with Gasteiger partial charge in [-0.15, -0.1) is 11.3 Å². The van der Waals surface area contributed by atoms with Crippen LogP contribution in [0.2, 0.25) is 0 Å². The quantitative estimate of drug-likeness (QED) is 0.586. The minimum atomic E-state index is -0.282. The van der Waals surface area contributed by atoms with Crippen LogP contribution in [0.3, 0.4) is 0 Å². The Morgan fingerprint density at radius 2 is 2.12 bits per heavy atom. The highest BCUT2D eigenvalue weighted by atomic mass is 79.9. The van der Waals surface area contributed by atoms with E-state index in [0.717, 1.165) is 20.3 Å². The van der Waals surface area contributed by atoms with Crippen LogP contribution in [0, 0.1) is 5.82 Å². The summed E-state index contributed by atoms with van der Waals surface area (Å²) in [7, 11) is 0. The zero-order valence-electron chi connectivity index (χ0n) is 13.1. The monoisotopic (exact) mass is 406 g/mol. The lowest BCUT2D eigenvalue weighted by Gasteiger charge is -2.09. The van der Waals surface area contributed by atoms with Gasteiger partial charge >= 0.3 is 0 Å². The van der Waals surface area contributed by atoms with Crippen LogP contribution in [0.5, 0.6) is 0 Å². The SMILES string of the molecule is C/C=C/Cn1c(C(=O)NCc2ccc(F)cc2)cc2scc(Br)c21. The van der Waals surface area contributed by atoms with Crippen LogP contribution >= 0.6 is 27.3 Å². The number of hydrogen-bond donors (Lipinski definition) is 1. The van der Waals surface area contributed by atoms with Gasteiger partial charge in [-0.1, -0.05) is 24.3 Å². The van der Waals surface area contributed by atoms with Gasteiger partial charge < -0.3 is 9.88 Å². The first-order chi connectivity index (χ1) is 11.6. The molecule has 0 saturated carbocycles. The maximum absolute atomic E-state index is 12.9. The number of amides is 1. The number of fused-ring (bicyclic) bond motifs is 1. The molecule has 1 N–H and O–H groups in total. The van der Waals surface area contributed by atoms with Crippen LogP contribution in [0.15, 0.2) is 52.3 Å². The molecule has 0 fully saturated rings. The molecule has 3 aromatic rings. The molecule has 0 aliphatic rings. The summed E-state index contributed by atoms with van der Waals surface area (Å²) in [5.41, 5.74) is 2.52. The number of thiophene rings is 1. The summed E-state index contributed by atoms with van der Waals surface area (Å²) >= 11 is 5.16. The summed E-state index contributed by atoms with van der Waals surface area (Å²) in [5, 5.41) is 4.93. The number of carbonyl (C=O) groups excluding carboxylic acids is 1. The molecule has 0 spiro atoms. The van der Waals surface area contributed by atoms with Crippen molar-refractivity contribution in [3.05, 3.63) is 69.4 Å². The molecule has 2 aromatic heterocycles. The molecule has 1 aromatic carbocycles. The highest BCUT2D eigenvalue weighted by Crippen LogP contribution is 2.33. The topological polar surface area (TPSA) is 34.0 Å². The summed E-state index contributed by atoms with van der Waals surface area (Å²) in [6.07, 6.45) is 3.98. The Balaban J connectivity index is 1.84. The maximum atomic E-state index is 12.9. The largest absolute Gasteiger partial charge is 0.347 e. The van der Waals surface area contributed by atoms with E-state index in [1.54, 1.807) is 23.5 Å².